The van der Waals surface area contributed by atoms with E-state index in [-0.39, 0.29) is 0 Å². The summed E-state index contributed by atoms with van der Waals surface area (Å²) < 4.78 is 2.85. The normalized spacial score (nSPS) is 11.2. The molecule has 0 radical (unpaired) electrons. The van der Waals surface area contributed by atoms with Crippen molar-refractivity contribution in [2.24, 2.45) is 5.92 Å². The molecule has 6 heteroatoms. The van der Waals surface area contributed by atoms with Gasteiger partial charge in [0.15, 0.2) is 0 Å². The Kier molecular flexibility index (Phi) is 5.57. The van der Waals surface area contributed by atoms with E-state index in [0.29, 0.717) is 19.0 Å². The van der Waals surface area contributed by atoms with Crippen LogP contribution in [0.2, 0.25) is 5.02 Å². The van der Waals surface area contributed by atoms with Crippen LogP contribution in [0.4, 0.5) is 0 Å². The Hall–Kier alpha value is -0.910. The van der Waals surface area contributed by atoms with Crippen LogP contribution >= 0.6 is 27.5 Å². The Morgan fingerprint density at radius 3 is 2.90 bits per heavy atom. The van der Waals surface area contributed by atoms with Gasteiger partial charge >= 0.3 is 0 Å². The van der Waals surface area contributed by atoms with Gasteiger partial charge in [-0.1, -0.05) is 47.4 Å². The van der Waals surface area contributed by atoms with E-state index in [1.807, 2.05) is 22.9 Å². The standard InChI is InChI=1S/C14H18BrClN4/c1-10(2)6-17-7-14-18-9-19-20(14)8-11-3-4-12(15)5-13(11)16/h3-5,9-10,17H,6-8H2,1-2H3. The average Bonchev–Trinajstić information content (AvgIpc) is 2.80. The van der Waals surface area contributed by atoms with E-state index in [0.717, 1.165) is 27.4 Å². The summed E-state index contributed by atoms with van der Waals surface area (Å²) in [5.41, 5.74) is 1.03. The van der Waals surface area contributed by atoms with Crippen LogP contribution < -0.4 is 5.32 Å². The molecule has 2 aromatic rings. The van der Waals surface area contributed by atoms with Crippen LogP contribution in [0.5, 0.6) is 0 Å². The van der Waals surface area contributed by atoms with Crippen molar-refractivity contribution in [3.8, 4) is 0 Å². The summed E-state index contributed by atoms with van der Waals surface area (Å²) in [7, 11) is 0. The Morgan fingerprint density at radius 2 is 2.20 bits per heavy atom. The van der Waals surface area contributed by atoms with E-state index < -0.39 is 0 Å². The number of rotatable bonds is 6. The van der Waals surface area contributed by atoms with Crippen molar-refractivity contribution >= 4 is 27.5 Å². The van der Waals surface area contributed by atoms with Crippen molar-refractivity contribution < 1.29 is 0 Å². The van der Waals surface area contributed by atoms with E-state index in [9.17, 15) is 0 Å². The maximum atomic E-state index is 6.24. The lowest BCUT2D eigenvalue weighted by Gasteiger charge is -2.10. The molecule has 0 aliphatic heterocycles. The second-order valence-electron chi connectivity index (χ2n) is 5.09. The first-order valence-electron chi connectivity index (χ1n) is 6.57. The highest BCUT2D eigenvalue weighted by atomic mass is 79.9. The van der Waals surface area contributed by atoms with Crippen LogP contribution in [0.1, 0.15) is 25.2 Å². The van der Waals surface area contributed by atoms with Crippen molar-refractivity contribution in [1.29, 1.82) is 0 Å². The molecule has 0 aliphatic rings. The fourth-order valence-corrected chi connectivity index (χ4v) is 2.57. The van der Waals surface area contributed by atoms with Gasteiger partial charge in [0.1, 0.15) is 12.2 Å². The minimum atomic E-state index is 0.618. The van der Waals surface area contributed by atoms with Gasteiger partial charge in [0.2, 0.25) is 0 Å². The molecule has 0 saturated carbocycles. The largest absolute Gasteiger partial charge is 0.310 e. The lowest BCUT2D eigenvalue weighted by molar-refractivity contribution is 0.523. The Labute approximate surface area is 132 Å². The molecule has 2 rings (SSSR count). The van der Waals surface area contributed by atoms with Crippen molar-refractivity contribution in [3.63, 3.8) is 0 Å². The number of halogens is 2. The van der Waals surface area contributed by atoms with Crippen LogP contribution in [-0.4, -0.2) is 21.3 Å². The van der Waals surface area contributed by atoms with Crippen LogP contribution in [0.15, 0.2) is 29.0 Å². The highest BCUT2D eigenvalue weighted by Gasteiger charge is 2.08. The van der Waals surface area contributed by atoms with E-state index in [1.54, 1.807) is 6.33 Å². The molecule has 0 spiro atoms. The quantitative estimate of drug-likeness (QED) is 0.860. The zero-order valence-electron chi connectivity index (χ0n) is 11.6. The second-order valence-corrected chi connectivity index (χ2v) is 6.42. The monoisotopic (exact) mass is 356 g/mol. The first-order valence-corrected chi connectivity index (χ1v) is 7.74. The number of benzene rings is 1. The summed E-state index contributed by atoms with van der Waals surface area (Å²) in [5, 5.41) is 8.37. The first kappa shape index (κ1) is 15.5. The predicted molar refractivity (Wildman–Crippen MR) is 84.8 cm³/mol. The smallest absolute Gasteiger partial charge is 0.141 e. The van der Waals surface area contributed by atoms with Crippen molar-refractivity contribution in [3.05, 3.63) is 45.4 Å². The Bertz CT molecular complexity index is 568. The van der Waals surface area contributed by atoms with Gasteiger partial charge in [-0.05, 0) is 30.2 Å². The van der Waals surface area contributed by atoms with Gasteiger partial charge in [0.25, 0.3) is 0 Å². The zero-order chi connectivity index (χ0) is 14.5. The molecule has 108 valence electrons. The fourth-order valence-electron chi connectivity index (χ4n) is 1.84. The molecule has 1 N–H and O–H groups in total. The van der Waals surface area contributed by atoms with Crippen LogP contribution in [0, 0.1) is 5.92 Å². The minimum Gasteiger partial charge on any atom is -0.310 e. The summed E-state index contributed by atoms with van der Waals surface area (Å²) in [5.74, 6) is 1.54. The van der Waals surface area contributed by atoms with Gasteiger partial charge in [0.05, 0.1) is 13.1 Å². The van der Waals surface area contributed by atoms with Gasteiger partial charge in [0, 0.05) is 9.50 Å². The van der Waals surface area contributed by atoms with Crippen LogP contribution in [0.25, 0.3) is 0 Å². The van der Waals surface area contributed by atoms with Gasteiger partial charge in [-0.2, -0.15) is 5.10 Å². The topological polar surface area (TPSA) is 42.7 Å². The Balaban J connectivity index is 2.04. The highest BCUT2D eigenvalue weighted by Crippen LogP contribution is 2.22. The van der Waals surface area contributed by atoms with Gasteiger partial charge in [-0.15, -0.1) is 0 Å². The molecule has 0 amide bonds. The van der Waals surface area contributed by atoms with Crippen molar-refractivity contribution in [1.82, 2.24) is 20.1 Å². The molecule has 4 nitrogen and oxygen atoms in total. The minimum absolute atomic E-state index is 0.618. The molecule has 1 aromatic heterocycles. The Morgan fingerprint density at radius 1 is 1.40 bits per heavy atom. The molecule has 0 fully saturated rings. The van der Waals surface area contributed by atoms with E-state index >= 15 is 0 Å². The van der Waals surface area contributed by atoms with E-state index in [1.165, 1.54) is 0 Å². The fraction of sp³-hybridized carbons (Fsp3) is 0.429. The first-order chi connectivity index (χ1) is 9.56. The molecule has 0 aliphatic carbocycles. The molecule has 1 heterocycles. The molecule has 0 bridgehead atoms. The third-order valence-corrected chi connectivity index (χ3v) is 3.71. The summed E-state index contributed by atoms with van der Waals surface area (Å²) in [4.78, 5) is 4.29. The molecule has 20 heavy (non-hydrogen) atoms. The summed E-state index contributed by atoms with van der Waals surface area (Å²) in [6.45, 7) is 6.67. The summed E-state index contributed by atoms with van der Waals surface area (Å²) in [6, 6.07) is 5.87. The summed E-state index contributed by atoms with van der Waals surface area (Å²) in [6.07, 6.45) is 1.58. The summed E-state index contributed by atoms with van der Waals surface area (Å²) >= 11 is 9.64. The van der Waals surface area contributed by atoms with E-state index in [2.05, 4.69) is 45.2 Å². The molecule has 1 aromatic carbocycles. The third-order valence-electron chi connectivity index (χ3n) is 2.87. The molecular weight excluding hydrogens is 340 g/mol. The van der Waals surface area contributed by atoms with Gasteiger partial charge < -0.3 is 5.32 Å². The van der Waals surface area contributed by atoms with Crippen molar-refractivity contribution in [2.75, 3.05) is 6.54 Å². The molecular formula is C14H18BrClN4. The third kappa shape index (κ3) is 4.30. The van der Waals surface area contributed by atoms with Crippen LogP contribution in [-0.2, 0) is 13.1 Å². The maximum absolute atomic E-state index is 6.24. The second kappa shape index (κ2) is 7.20. The lowest BCUT2D eigenvalue weighted by Crippen LogP contribution is -2.22. The number of nitrogens with zero attached hydrogens (tertiary/aromatic N) is 3. The maximum Gasteiger partial charge on any atom is 0.141 e. The molecule has 0 saturated heterocycles. The lowest BCUT2D eigenvalue weighted by atomic mass is 10.2. The number of nitrogens with one attached hydrogen (secondary N) is 1. The predicted octanol–water partition coefficient (Wildman–Crippen LogP) is 3.49. The molecule has 0 atom stereocenters. The number of hydrogen-bond donors (Lipinski definition) is 1. The van der Waals surface area contributed by atoms with Crippen LogP contribution in [0.3, 0.4) is 0 Å². The average molecular weight is 358 g/mol. The zero-order valence-corrected chi connectivity index (χ0v) is 13.9. The van der Waals surface area contributed by atoms with E-state index in [4.69, 9.17) is 11.6 Å². The number of hydrogen-bond acceptors (Lipinski definition) is 3. The van der Waals surface area contributed by atoms with Gasteiger partial charge in [-0.25, -0.2) is 9.67 Å². The van der Waals surface area contributed by atoms with Gasteiger partial charge in [-0.3, -0.25) is 0 Å². The van der Waals surface area contributed by atoms with Crippen molar-refractivity contribution in [2.45, 2.75) is 26.9 Å². The SMILES string of the molecule is CC(C)CNCc1ncnn1Cc1ccc(Br)cc1Cl. The number of aromatic nitrogens is 3. The molecule has 0 unspecified atom stereocenters. The highest BCUT2D eigenvalue weighted by molar-refractivity contribution is 9.10.